The first-order valence-electron chi connectivity index (χ1n) is 4.77. The first-order valence-corrected chi connectivity index (χ1v) is 6.27. The van der Waals surface area contributed by atoms with Gasteiger partial charge in [-0.2, -0.15) is 0 Å². The molecule has 102 valence electrons. The highest BCUT2D eigenvalue weighted by atomic mass is 31.2. The van der Waals surface area contributed by atoms with Gasteiger partial charge >= 0.3 is 7.82 Å². The molecule has 1 aliphatic heterocycles. The molecule has 0 bridgehead atoms. The Hall–Kier alpha value is -0.0900. The van der Waals surface area contributed by atoms with Crippen LogP contribution in [0, 0.1) is 0 Å². The van der Waals surface area contributed by atoms with Crippen molar-refractivity contribution >= 4 is 7.82 Å². The quantitative estimate of drug-likeness (QED) is 0.350. The molecule has 0 aromatic rings. The van der Waals surface area contributed by atoms with Crippen LogP contribution in [0.5, 0.6) is 0 Å². The van der Waals surface area contributed by atoms with E-state index in [1.807, 2.05) is 0 Å². The summed E-state index contributed by atoms with van der Waals surface area (Å²) in [6, 6.07) is -1.25. The lowest BCUT2D eigenvalue weighted by Crippen LogP contribution is -2.62. The van der Waals surface area contributed by atoms with Crippen molar-refractivity contribution in [3.63, 3.8) is 0 Å². The molecule has 0 aromatic heterocycles. The second kappa shape index (κ2) is 5.70. The normalized spacial score (nSPS) is 42.1. The first kappa shape index (κ1) is 15.0. The van der Waals surface area contributed by atoms with Crippen molar-refractivity contribution < 1.29 is 38.6 Å². The predicted molar refractivity (Wildman–Crippen MR) is 53.7 cm³/mol. The minimum atomic E-state index is -4.34. The lowest BCUT2D eigenvalue weighted by atomic mass is 9.98. The van der Waals surface area contributed by atoms with Crippen LogP contribution in [-0.2, 0) is 18.3 Å². The zero-order valence-corrected chi connectivity index (χ0v) is 9.93. The van der Waals surface area contributed by atoms with Crippen molar-refractivity contribution in [2.24, 2.45) is 5.73 Å². The van der Waals surface area contributed by atoms with Crippen molar-refractivity contribution in [3.05, 3.63) is 0 Å². The number of nitrogens with two attached hydrogens (primary N) is 1. The fraction of sp³-hybridized carbons (Fsp3) is 1.00. The number of aliphatic hydroxyl groups is 3. The average molecular weight is 273 g/mol. The summed E-state index contributed by atoms with van der Waals surface area (Å²) in [6.07, 6.45) is -5.49. The van der Waals surface area contributed by atoms with E-state index in [4.69, 9.17) is 20.5 Å². The molecular weight excluding hydrogens is 257 g/mol. The Morgan fingerprint density at radius 1 is 1.41 bits per heavy atom. The largest absolute Gasteiger partial charge is 0.474 e. The van der Waals surface area contributed by atoms with E-state index >= 15 is 0 Å². The molecule has 1 rings (SSSR count). The average Bonchev–Trinajstić information content (AvgIpc) is 2.30. The van der Waals surface area contributed by atoms with Crippen LogP contribution in [0.15, 0.2) is 0 Å². The minimum absolute atomic E-state index is 0.604. The predicted octanol–water partition coefficient (Wildman–Crippen LogP) is -2.48. The van der Waals surface area contributed by atoms with Gasteiger partial charge in [-0.3, -0.25) is 9.05 Å². The highest BCUT2D eigenvalue weighted by molar-refractivity contribution is 7.47. The summed E-state index contributed by atoms with van der Waals surface area (Å²) in [5, 5.41) is 27.9. The van der Waals surface area contributed by atoms with E-state index in [1.54, 1.807) is 0 Å². The molecule has 1 saturated heterocycles. The van der Waals surface area contributed by atoms with Gasteiger partial charge in [0.15, 0.2) is 6.29 Å². The van der Waals surface area contributed by atoms with Crippen molar-refractivity contribution in [2.45, 2.75) is 30.6 Å². The summed E-state index contributed by atoms with van der Waals surface area (Å²) in [7, 11) is -3.39. The van der Waals surface area contributed by atoms with Gasteiger partial charge in [0.05, 0.1) is 12.6 Å². The molecule has 0 saturated carbocycles. The second-order valence-electron chi connectivity index (χ2n) is 3.54. The summed E-state index contributed by atoms with van der Waals surface area (Å²) < 4.78 is 24.8. The molecule has 0 spiro atoms. The maximum atomic E-state index is 11.1. The molecule has 1 heterocycles. The van der Waals surface area contributed by atoms with Gasteiger partial charge < -0.3 is 30.7 Å². The molecule has 0 aromatic carbocycles. The van der Waals surface area contributed by atoms with Crippen molar-refractivity contribution in [3.8, 4) is 0 Å². The number of hydrogen-bond donors (Lipinski definition) is 5. The molecule has 0 amide bonds. The second-order valence-corrected chi connectivity index (χ2v) is 5.05. The van der Waals surface area contributed by atoms with Gasteiger partial charge in [-0.05, 0) is 0 Å². The Balaban J connectivity index is 2.75. The molecule has 6 N–H and O–H groups in total. The molecule has 1 aliphatic rings. The van der Waals surface area contributed by atoms with Gasteiger partial charge in [0, 0.05) is 7.11 Å². The van der Waals surface area contributed by atoms with Gasteiger partial charge in [-0.15, -0.1) is 0 Å². The topological polar surface area (TPSA) is 152 Å². The summed E-state index contributed by atoms with van der Waals surface area (Å²) in [6.45, 7) is -0.604. The highest BCUT2D eigenvalue weighted by Crippen LogP contribution is 2.45. The van der Waals surface area contributed by atoms with Gasteiger partial charge in [0.1, 0.15) is 18.3 Å². The molecule has 1 fully saturated rings. The van der Waals surface area contributed by atoms with E-state index < -0.39 is 45.1 Å². The summed E-state index contributed by atoms with van der Waals surface area (Å²) in [5.74, 6) is 0. The summed E-state index contributed by atoms with van der Waals surface area (Å²) >= 11 is 0. The fourth-order valence-electron chi connectivity index (χ4n) is 1.37. The lowest BCUT2D eigenvalue weighted by Gasteiger charge is -2.40. The van der Waals surface area contributed by atoms with Gasteiger partial charge in [-0.1, -0.05) is 0 Å². The van der Waals surface area contributed by atoms with E-state index in [0.29, 0.717) is 0 Å². The van der Waals surface area contributed by atoms with E-state index in [-0.39, 0.29) is 0 Å². The Labute approximate surface area is 97.3 Å². The van der Waals surface area contributed by atoms with Crippen LogP contribution in [-0.4, -0.2) is 64.6 Å². The van der Waals surface area contributed by atoms with Gasteiger partial charge in [0.2, 0.25) is 0 Å². The van der Waals surface area contributed by atoms with Crippen molar-refractivity contribution in [1.29, 1.82) is 0 Å². The Bertz CT molecular complexity index is 300. The maximum absolute atomic E-state index is 11.1. The fourth-order valence-corrected chi connectivity index (χ4v) is 1.91. The number of phosphoric acid groups is 1. The number of hydrogen-bond acceptors (Lipinski definition) is 8. The molecule has 9 nitrogen and oxygen atoms in total. The van der Waals surface area contributed by atoms with Crippen LogP contribution in [0.1, 0.15) is 0 Å². The zero-order chi connectivity index (χ0) is 13.2. The van der Waals surface area contributed by atoms with E-state index in [0.717, 1.165) is 7.11 Å². The van der Waals surface area contributed by atoms with Crippen LogP contribution in [0.25, 0.3) is 0 Å². The number of aliphatic hydroxyl groups excluding tert-OH is 3. The highest BCUT2D eigenvalue weighted by Gasteiger charge is 2.45. The lowest BCUT2D eigenvalue weighted by molar-refractivity contribution is -0.243. The van der Waals surface area contributed by atoms with E-state index in [9.17, 15) is 14.8 Å². The number of ether oxygens (including phenoxy) is 1. The molecule has 10 heteroatoms. The third-order valence-electron chi connectivity index (χ3n) is 2.40. The molecule has 4 unspecified atom stereocenters. The Morgan fingerprint density at radius 2 is 2.00 bits per heavy atom. The van der Waals surface area contributed by atoms with Gasteiger partial charge in [0.25, 0.3) is 0 Å². The van der Waals surface area contributed by atoms with Crippen LogP contribution in [0.3, 0.4) is 0 Å². The monoisotopic (exact) mass is 273 g/mol. The summed E-state index contributed by atoms with van der Waals surface area (Å²) in [5.41, 5.74) is 5.46. The molecule has 0 aliphatic carbocycles. The zero-order valence-electron chi connectivity index (χ0n) is 9.04. The van der Waals surface area contributed by atoms with Crippen LogP contribution >= 0.6 is 7.82 Å². The van der Waals surface area contributed by atoms with E-state index in [1.165, 1.54) is 0 Å². The molecular formula is C7H16NO8P. The smallest absolute Gasteiger partial charge is 0.394 e. The van der Waals surface area contributed by atoms with Crippen LogP contribution < -0.4 is 5.73 Å². The first-order chi connectivity index (χ1) is 7.82. The SMILES string of the molecule is COP(=O)(O)O[C@H]1OC(CO)[C@H](O)C(O)C1N. The molecule has 6 atom stereocenters. The van der Waals surface area contributed by atoms with Crippen LogP contribution in [0.2, 0.25) is 0 Å². The number of rotatable bonds is 4. The third kappa shape index (κ3) is 3.44. The standard InChI is InChI=1S/C7H16NO8P/c1-14-17(12,13)16-7-4(8)6(11)5(10)3(2-9)15-7/h3-7,9-11H,2,8H2,1H3,(H,12,13)/t3?,4?,5-,6?,7+/m0/s1. The Morgan fingerprint density at radius 3 is 2.47 bits per heavy atom. The molecule has 17 heavy (non-hydrogen) atoms. The maximum Gasteiger partial charge on any atom is 0.474 e. The van der Waals surface area contributed by atoms with Crippen molar-refractivity contribution in [2.75, 3.05) is 13.7 Å². The summed E-state index contributed by atoms with van der Waals surface area (Å²) in [4.78, 5) is 9.07. The van der Waals surface area contributed by atoms with Crippen LogP contribution in [0.4, 0.5) is 0 Å². The molecule has 0 radical (unpaired) electrons. The Kier molecular flexibility index (Phi) is 5.02. The minimum Gasteiger partial charge on any atom is -0.394 e. The van der Waals surface area contributed by atoms with Gasteiger partial charge in [-0.25, -0.2) is 4.57 Å². The third-order valence-corrected chi connectivity index (χ3v) is 3.33. The van der Waals surface area contributed by atoms with Crippen molar-refractivity contribution in [1.82, 2.24) is 0 Å². The number of phosphoric ester groups is 1. The van der Waals surface area contributed by atoms with E-state index in [2.05, 4.69) is 9.05 Å².